The van der Waals surface area contributed by atoms with Crippen LogP contribution in [0, 0.1) is 30.6 Å². The third-order valence-electron chi connectivity index (χ3n) is 0. The zero-order valence-corrected chi connectivity index (χ0v) is 9.34. The molecular weight excluding hydrogens is 170 g/mol. The van der Waals surface area contributed by atoms with Crippen molar-refractivity contribution in [1.82, 2.24) is 0 Å². The van der Waals surface area contributed by atoms with Crippen LogP contribution in [-0.4, -0.2) is 10.2 Å². The number of rotatable bonds is 0. The minimum Gasteiger partial charge on any atom is -0.356 e. The Morgan fingerprint density at radius 3 is 0.700 bits per heavy atom. The molecule has 0 aliphatic heterocycles. The van der Waals surface area contributed by atoms with Crippen molar-refractivity contribution in [3.63, 3.8) is 0 Å². The minimum atomic E-state index is -1.75. The van der Waals surface area contributed by atoms with Crippen LogP contribution in [0.1, 0.15) is 0 Å². The van der Waals surface area contributed by atoms with Crippen LogP contribution in [0.5, 0.6) is 0 Å². The van der Waals surface area contributed by atoms with Gasteiger partial charge in [0.1, 0.15) is 0 Å². The molecule has 0 saturated heterocycles. The predicted octanol–water partition coefficient (Wildman–Crippen LogP) is -6.47. The van der Waals surface area contributed by atoms with Gasteiger partial charge in [0.05, 0.1) is 10.2 Å². The van der Waals surface area contributed by atoms with Gasteiger partial charge in [0, 0.05) is 0 Å². The summed E-state index contributed by atoms with van der Waals surface area (Å²) in [6.45, 7) is 0. The maximum atomic E-state index is 8.25. The van der Waals surface area contributed by atoms with Crippen molar-refractivity contribution in [1.29, 1.82) is 0 Å². The summed E-state index contributed by atoms with van der Waals surface area (Å²) in [5.74, 6) is 0. The number of hydrogen-bond acceptors (Lipinski definition) is 6. The molecule has 0 saturated carbocycles. The molecule has 0 spiro atoms. The van der Waals surface area contributed by atoms with Gasteiger partial charge in [0.25, 0.3) is 0 Å². The van der Waals surface area contributed by atoms with Crippen LogP contribution in [0.25, 0.3) is 0 Å². The number of hydrogen-bond donors (Lipinski definition) is 0. The fraction of sp³-hybridized carbons (Fsp3) is 0. The Morgan fingerprint density at radius 1 is 0.700 bits per heavy atom. The van der Waals surface area contributed by atoms with Crippen LogP contribution in [0.3, 0.4) is 0 Å². The van der Waals surface area contributed by atoms with E-state index in [9.17, 15) is 0 Å². The Bertz CT molecular complexity index is 71.7. The molecule has 10 heavy (non-hydrogen) atoms. The van der Waals surface area contributed by atoms with Crippen LogP contribution in [-0.2, 0) is 0 Å². The smallest absolute Gasteiger partial charge is 0.356 e. The predicted molar refractivity (Wildman–Crippen MR) is 20.7 cm³/mol. The Kier molecular flexibility index (Phi) is 36.3. The van der Waals surface area contributed by atoms with E-state index in [2.05, 4.69) is 0 Å². The summed E-state index contributed by atoms with van der Waals surface area (Å²) in [5.41, 5.74) is 0. The molecule has 8 nitrogen and oxygen atoms in total. The first-order chi connectivity index (χ1) is 3.46. The molecule has 0 N–H and O–H groups in total. The van der Waals surface area contributed by atoms with E-state index in [1.54, 1.807) is 0 Å². The second-order valence-corrected chi connectivity index (χ2v) is 0.447. The van der Waals surface area contributed by atoms with Gasteiger partial charge in [0.15, 0.2) is 0 Å². The minimum absolute atomic E-state index is 0. The third kappa shape index (κ3) is 2870. The normalized spacial score (nSPS) is 4.80. The van der Waals surface area contributed by atoms with Crippen LogP contribution in [0.2, 0.25) is 0 Å². The van der Waals surface area contributed by atoms with E-state index >= 15 is 0 Å². The molecule has 0 aromatic carbocycles. The van der Waals surface area contributed by atoms with Crippen LogP contribution < -0.4 is 59.1 Å². The largest absolute Gasteiger partial charge is 1.00 e. The zero-order valence-electron chi connectivity index (χ0n) is 5.34. The van der Waals surface area contributed by atoms with E-state index in [0.29, 0.717) is 0 Å². The van der Waals surface area contributed by atoms with E-state index < -0.39 is 10.2 Å². The molecule has 0 aromatic rings. The molecule has 0 aliphatic rings. The van der Waals surface area contributed by atoms with Gasteiger partial charge < -0.3 is 30.6 Å². The van der Waals surface area contributed by atoms with E-state index in [4.69, 9.17) is 30.6 Å². The molecule has 0 amide bonds. The van der Waals surface area contributed by atoms with Crippen molar-refractivity contribution >= 4 is 0 Å². The van der Waals surface area contributed by atoms with Gasteiger partial charge >= 0.3 is 59.1 Å². The molecule has 10 heteroatoms. The second kappa shape index (κ2) is 16.2. The summed E-state index contributed by atoms with van der Waals surface area (Å²) < 4.78 is 0. The average Bonchev–Trinajstić information content (AvgIpc) is 1.25. The standard InChI is InChI=1S/2NO3.2Na/c2*2-1(3)4;;/q2*-1;2*+1. The summed E-state index contributed by atoms with van der Waals surface area (Å²) >= 11 is 0. The molecule has 0 heterocycles. The Hall–Kier alpha value is 0.400. The van der Waals surface area contributed by atoms with Gasteiger partial charge in [0.2, 0.25) is 0 Å². The van der Waals surface area contributed by atoms with E-state index in [-0.39, 0.29) is 59.1 Å². The Labute approximate surface area is 99.0 Å². The molecule has 48 valence electrons. The Balaban J connectivity index is -0.0000000300. The van der Waals surface area contributed by atoms with Gasteiger partial charge in [-0.2, -0.15) is 0 Å². The summed E-state index contributed by atoms with van der Waals surface area (Å²) in [7, 11) is 0. The molecule has 0 bridgehead atoms. The molecule has 0 fully saturated rings. The van der Waals surface area contributed by atoms with Gasteiger partial charge in [-0.15, -0.1) is 0 Å². The van der Waals surface area contributed by atoms with Crippen LogP contribution >= 0.6 is 0 Å². The van der Waals surface area contributed by atoms with E-state index in [1.807, 2.05) is 0 Å². The molecule has 0 aliphatic carbocycles. The summed E-state index contributed by atoms with van der Waals surface area (Å²) in [4.78, 5) is 16.5. The fourth-order valence-corrected chi connectivity index (χ4v) is 0. The van der Waals surface area contributed by atoms with Gasteiger partial charge in [-0.25, -0.2) is 0 Å². The summed E-state index contributed by atoms with van der Waals surface area (Å²) in [5, 5.41) is 29.5. The van der Waals surface area contributed by atoms with Crippen molar-refractivity contribution in [2.24, 2.45) is 0 Å². The second-order valence-electron chi connectivity index (χ2n) is 0.447. The number of nitrogens with zero attached hydrogens (tertiary/aromatic N) is 2. The first-order valence-corrected chi connectivity index (χ1v) is 1.10. The van der Waals surface area contributed by atoms with Crippen LogP contribution in [0.4, 0.5) is 0 Å². The van der Waals surface area contributed by atoms with Crippen molar-refractivity contribution in [2.75, 3.05) is 0 Å². The van der Waals surface area contributed by atoms with Gasteiger partial charge in [-0.3, -0.25) is 0 Å². The molecular formula is N2Na2O6. The summed E-state index contributed by atoms with van der Waals surface area (Å²) in [6.07, 6.45) is 0. The van der Waals surface area contributed by atoms with Gasteiger partial charge in [-0.1, -0.05) is 0 Å². The monoisotopic (exact) mass is 170 g/mol. The van der Waals surface area contributed by atoms with Crippen molar-refractivity contribution in [3.05, 3.63) is 30.6 Å². The first kappa shape index (κ1) is 22.4. The third-order valence-corrected chi connectivity index (χ3v) is 0. The first-order valence-electron chi connectivity index (χ1n) is 1.10. The van der Waals surface area contributed by atoms with Crippen molar-refractivity contribution < 1.29 is 69.3 Å². The maximum absolute atomic E-state index is 8.25. The van der Waals surface area contributed by atoms with Crippen LogP contribution in [0.15, 0.2) is 0 Å². The summed E-state index contributed by atoms with van der Waals surface area (Å²) in [6, 6.07) is 0. The van der Waals surface area contributed by atoms with E-state index in [1.165, 1.54) is 0 Å². The SMILES string of the molecule is O=[N+]([O-])[O-].O=[N+]([O-])[O-].[Na+].[Na+]. The average molecular weight is 170 g/mol. The molecule has 0 rings (SSSR count). The zero-order chi connectivity index (χ0) is 7.15. The molecule has 0 unspecified atom stereocenters. The molecule has 0 radical (unpaired) electrons. The van der Waals surface area contributed by atoms with Crippen molar-refractivity contribution in [3.8, 4) is 0 Å². The van der Waals surface area contributed by atoms with Gasteiger partial charge in [-0.05, 0) is 0 Å². The van der Waals surface area contributed by atoms with Crippen molar-refractivity contribution in [2.45, 2.75) is 0 Å². The quantitative estimate of drug-likeness (QED) is 0.201. The van der Waals surface area contributed by atoms with E-state index in [0.717, 1.165) is 0 Å². The fourth-order valence-electron chi connectivity index (χ4n) is 0. The topological polar surface area (TPSA) is 132 Å². The maximum Gasteiger partial charge on any atom is 1.00 e. The Morgan fingerprint density at radius 2 is 0.700 bits per heavy atom. The molecule has 0 atom stereocenters. The molecule has 0 aromatic heterocycles.